The maximum absolute atomic E-state index is 11.8. The van der Waals surface area contributed by atoms with Crippen LogP contribution in [0.5, 0.6) is 0 Å². The highest BCUT2D eigenvalue weighted by molar-refractivity contribution is 4.89. The molecular weight excluding hydrogens is 124 g/mol. The molecule has 1 radical (unpaired) electrons. The summed E-state index contributed by atoms with van der Waals surface area (Å²) in [5.41, 5.74) is -0.471. The van der Waals surface area contributed by atoms with Gasteiger partial charge in [0.1, 0.15) is 5.60 Å². The third-order valence-corrected chi connectivity index (χ3v) is 3.15. The van der Waals surface area contributed by atoms with E-state index in [1.807, 2.05) is 0 Å². The van der Waals surface area contributed by atoms with Crippen molar-refractivity contribution in [1.29, 1.82) is 0 Å². The fourth-order valence-electron chi connectivity index (χ4n) is 2.63. The van der Waals surface area contributed by atoms with E-state index in [9.17, 15) is 5.11 Å². The van der Waals surface area contributed by atoms with Crippen molar-refractivity contribution >= 4 is 0 Å². The SMILES string of the molecule is [O]C12CCCC(CCC1)C2. The largest absolute Gasteiger partial charge is 0.229 e. The second kappa shape index (κ2) is 2.23. The third kappa shape index (κ3) is 1.07. The Morgan fingerprint density at radius 3 is 2.10 bits per heavy atom. The van der Waals surface area contributed by atoms with Gasteiger partial charge in [-0.2, -0.15) is 0 Å². The molecule has 0 saturated heterocycles. The lowest BCUT2D eigenvalue weighted by Gasteiger charge is -2.39. The average Bonchev–Trinajstić information content (AvgIpc) is 1.86. The molecular formula is C9H15O. The summed E-state index contributed by atoms with van der Waals surface area (Å²) < 4.78 is 0. The Balaban J connectivity index is 2.07. The molecule has 2 saturated carbocycles. The molecule has 2 fully saturated rings. The average molecular weight is 139 g/mol. The van der Waals surface area contributed by atoms with Crippen molar-refractivity contribution in [3.8, 4) is 0 Å². The van der Waals surface area contributed by atoms with Crippen molar-refractivity contribution in [2.45, 2.75) is 50.5 Å². The van der Waals surface area contributed by atoms with Crippen molar-refractivity contribution < 1.29 is 5.11 Å². The zero-order valence-corrected chi connectivity index (χ0v) is 6.44. The van der Waals surface area contributed by atoms with Crippen molar-refractivity contribution in [3.05, 3.63) is 0 Å². The molecule has 0 spiro atoms. The van der Waals surface area contributed by atoms with E-state index in [0.717, 1.165) is 25.2 Å². The van der Waals surface area contributed by atoms with Gasteiger partial charge in [-0.05, 0) is 25.2 Å². The Morgan fingerprint density at radius 2 is 1.70 bits per heavy atom. The van der Waals surface area contributed by atoms with Crippen LogP contribution in [0.4, 0.5) is 0 Å². The minimum absolute atomic E-state index is 0.471. The van der Waals surface area contributed by atoms with Crippen LogP contribution in [0.3, 0.4) is 0 Å². The van der Waals surface area contributed by atoms with Gasteiger partial charge in [0.05, 0.1) is 0 Å². The topological polar surface area (TPSA) is 19.9 Å². The van der Waals surface area contributed by atoms with E-state index in [2.05, 4.69) is 0 Å². The lowest BCUT2D eigenvalue weighted by Crippen LogP contribution is -2.37. The summed E-state index contributed by atoms with van der Waals surface area (Å²) in [5.74, 6) is 0.806. The Labute approximate surface area is 62.4 Å². The number of fused-ring (bicyclic) bond motifs is 2. The lowest BCUT2D eigenvalue weighted by atomic mass is 9.69. The van der Waals surface area contributed by atoms with Gasteiger partial charge in [-0.1, -0.05) is 25.7 Å². The first-order chi connectivity index (χ1) is 4.79. The van der Waals surface area contributed by atoms with Gasteiger partial charge in [-0.3, -0.25) is 0 Å². The molecule has 0 amide bonds. The van der Waals surface area contributed by atoms with Crippen molar-refractivity contribution in [2.75, 3.05) is 0 Å². The first-order valence-corrected chi connectivity index (χ1v) is 4.49. The molecule has 10 heavy (non-hydrogen) atoms. The number of hydrogen-bond acceptors (Lipinski definition) is 0. The molecule has 0 aromatic rings. The number of rotatable bonds is 0. The van der Waals surface area contributed by atoms with E-state index in [1.54, 1.807) is 0 Å². The van der Waals surface area contributed by atoms with Gasteiger partial charge in [-0.25, -0.2) is 5.11 Å². The van der Waals surface area contributed by atoms with Gasteiger partial charge in [0, 0.05) is 0 Å². The number of hydrogen-bond donors (Lipinski definition) is 0. The minimum Gasteiger partial charge on any atom is -0.229 e. The summed E-state index contributed by atoms with van der Waals surface area (Å²) in [6, 6.07) is 0. The molecule has 0 unspecified atom stereocenters. The summed E-state index contributed by atoms with van der Waals surface area (Å²) >= 11 is 0. The van der Waals surface area contributed by atoms with E-state index in [1.165, 1.54) is 25.7 Å². The standard InChI is InChI=1S/C9H15O/c10-9-5-1-3-8(7-9)4-2-6-9/h8H,1-7H2. The molecule has 2 aliphatic carbocycles. The zero-order valence-electron chi connectivity index (χ0n) is 6.44. The molecule has 0 heterocycles. The monoisotopic (exact) mass is 139 g/mol. The van der Waals surface area contributed by atoms with Crippen LogP contribution in [0.1, 0.15) is 44.9 Å². The normalized spacial score (nSPS) is 47.1. The fraction of sp³-hybridized carbons (Fsp3) is 1.00. The third-order valence-electron chi connectivity index (χ3n) is 3.15. The van der Waals surface area contributed by atoms with Crippen LogP contribution in [0.25, 0.3) is 0 Å². The maximum Gasteiger partial charge on any atom is 0.104 e. The predicted octanol–water partition coefficient (Wildman–Crippen LogP) is 2.53. The maximum atomic E-state index is 11.8. The quantitative estimate of drug-likeness (QED) is 0.491. The van der Waals surface area contributed by atoms with Crippen LogP contribution in [-0.4, -0.2) is 5.60 Å². The van der Waals surface area contributed by atoms with Crippen molar-refractivity contribution in [3.63, 3.8) is 0 Å². The van der Waals surface area contributed by atoms with Crippen LogP contribution >= 0.6 is 0 Å². The van der Waals surface area contributed by atoms with Gasteiger partial charge in [0.25, 0.3) is 0 Å². The molecule has 0 aromatic carbocycles. The summed E-state index contributed by atoms with van der Waals surface area (Å²) in [6.07, 6.45) is 8.00. The molecule has 2 rings (SSSR count). The van der Waals surface area contributed by atoms with E-state index in [4.69, 9.17) is 0 Å². The lowest BCUT2D eigenvalue weighted by molar-refractivity contribution is -0.0980. The van der Waals surface area contributed by atoms with Gasteiger partial charge in [0.2, 0.25) is 0 Å². The van der Waals surface area contributed by atoms with Gasteiger partial charge < -0.3 is 0 Å². The predicted molar refractivity (Wildman–Crippen MR) is 39.2 cm³/mol. The Morgan fingerprint density at radius 1 is 1.10 bits per heavy atom. The summed E-state index contributed by atoms with van der Waals surface area (Å²) in [5, 5.41) is 11.8. The smallest absolute Gasteiger partial charge is 0.104 e. The molecule has 1 heteroatoms. The van der Waals surface area contributed by atoms with Crippen molar-refractivity contribution in [2.24, 2.45) is 5.92 Å². The van der Waals surface area contributed by atoms with Crippen molar-refractivity contribution in [1.82, 2.24) is 0 Å². The highest BCUT2D eigenvalue weighted by atomic mass is 16.3. The first-order valence-electron chi connectivity index (χ1n) is 4.49. The molecule has 2 bridgehead atoms. The molecule has 57 valence electrons. The van der Waals surface area contributed by atoms with Crippen LogP contribution in [0, 0.1) is 5.92 Å². The first kappa shape index (κ1) is 6.66. The van der Waals surface area contributed by atoms with E-state index >= 15 is 0 Å². The molecule has 1 nitrogen and oxygen atoms in total. The van der Waals surface area contributed by atoms with Crippen LogP contribution in [0.2, 0.25) is 0 Å². The highest BCUT2D eigenvalue weighted by Gasteiger charge is 2.38. The molecule has 0 aromatic heterocycles. The minimum atomic E-state index is -0.471. The van der Waals surface area contributed by atoms with Gasteiger partial charge in [0.15, 0.2) is 0 Å². The second-order valence-corrected chi connectivity index (χ2v) is 4.04. The second-order valence-electron chi connectivity index (χ2n) is 4.04. The molecule has 0 N–H and O–H groups in total. The zero-order chi connectivity index (χ0) is 7.03. The Kier molecular flexibility index (Phi) is 1.48. The van der Waals surface area contributed by atoms with E-state index in [0.29, 0.717) is 0 Å². The van der Waals surface area contributed by atoms with E-state index in [-0.39, 0.29) is 0 Å². The Hall–Kier alpha value is -0.0400. The molecule has 2 aliphatic rings. The highest BCUT2D eigenvalue weighted by Crippen LogP contribution is 2.42. The summed E-state index contributed by atoms with van der Waals surface area (Å²) in [6.45, 7) is 0. The van der Waals surface area contributed by atoms with Gasteiger partial charge >= 0.3 is 0 Å². The molecule has 0 aliphatic heterocycles. The van der Waals surface area contributed by atoms with E-state index < -0.39 is 5.60 Å². The van der Waals surface area contributed by atoms with Crippen LogP contribution < -0.4 is 0 Å². The molecule has 0 atom stereocenters. The van der Waals surface area contributed by atoms with Crippen LogP contribution in [0.15, 0.2) is 0 Å². The Bertz CT molecular complexity index is 121. The fourth-order valence-corrected chi connectivity index (χ4v) is 2.63. The summed E-state index contributed by atoms with van der Waals surface area (Å²) in [4.78, 5) is 0. The summed E-state index contributed by atoms with van der Waals surface area (Å²) in [7, 11) is 0. The van der Waals surface area contributed by atoms with Crippen LogP contribution in [-0.2, 0) is 5.11 Å². The van der Waals surface area contributed by atoms with Gasteiger partial charge in [-0.15, -0.1) is 0 Å².